The molecule has 4 atom stereocenters. The summed E-state index contributed by atoms with van der Waals surface area (Å²) in [6, 6.07) is -2.73. The topological polar surface area (TPSA) is 112 Å². The predicted octanol–water partition coefficient (Wildman–Crippen LogP) is 1.10. The summed E-state index contributed by atoms with van der Waals surface area (Å²) in [5, 5.41) is 0. The highest BCUT2D eigenvalue weighted by Gasteiger charge is 2.64. The fourth-order valence-corrected chi connectivity index (χ4v) is 5.23. The van der Waals surface area contributed by atoms with Gasteiger partial charge in [0.05, 0.1) is 18.1 Å². The molecule has 3 aliphatic heterocycles. The summed E-state index contributed by atoms with van der Waals surface area (Å²) in [5.74, 6) is -3.68. The highest BCUT2D eigenvalue weighted by molar-refractivity contribution is 6.19. The number of carbonyl (C=O) groups excluding carboxylic acids is 6. The lowest BCUT2D eigenvalue weighted by Gasteiger charge is -2.57. The molecule has 1 saturated carbocycles. The summed E-state index contributed by atoms with van der Waals surface area (Å²) >= 11 is 0. The lowest BCUT2D eigenvalue weighted by atomic mass is 9.67. The van der Waals surface area contributed by atoms with Crippen LogP contribution in [0.5, 0.6) is 0 Å². The minimum atomic E-state index is -1.03. The fourth-order valence-electron chi connectivity index (χ4n) is 5.23. The third-order valence-corrected chi connectivity index (χ3v) is 6.98. The van der Waals surface area contributed by atoms with Gasteiger partial charge in [0.1, 0.15) is 0 Å². The number of hydrogen-bond donors (Lipinski definition) is 0. The van der Waals surface area contributed by atoms with Gasteiger partial charge in [0.15, 0.2) is 0 Å². The predicted molar refractivity (Wildman–Crippen MR) is 116 cm³/mol. The Morgan fingerprint density at radius 3 is 1.64 bits per heavy atom. The molecule has 1 fully saturated rings. The normalized spacial score (nSPS) is 30.4. The van der Waals surface area contributed by atoms with Gasteiger partial charge in [-0.15, -0.1) is 0 Å². The van der Waals surface area contributed by atoms with Crippen LogP contribution in [0.3, 0.4) is 0 Å². The van der Waals surface area contributed by atoms with Crippen LogP contribution < -0.4 is 0 Å². The van der Waals surface area contributed by atoms with Gasteiger partial charge in [-0.1, -0.05) is 34.6 Å². The van der Waals surface area contributed by atoms with Gasteiger partial charge in [-0.3, -0.25) is 43.5 Å². The Hall–Kier alpha value is -3.36. The second kappa shape index (κ2) is 7.33. The molecule has 9 nitrogen and oxygen atoms in total. The molecule has 4 unspecified atom stereocenters. The Kier molecular flexibility index (Phi) is 5.07. The van der Waals surface area contributed by atoms with Crippen LogP contribution in [0.4, 0.5) is 0 Å². The van der Waals surface area contributed by atoms with Crippen LogP contribution >= 0.6 is 0 Å². The maximum absolute atomic E-state index is 13.4. The van der Waals surface area contributed by atoms with Crippen molar-refractivity contribution < 1.29 is 28.8 Å². The smallest absolute Gasteiger partial charge is 0.257 e. The molecule has 174 valence electrons. The summed E-state index contributed by atoms with van der Waals surface area (Å²) < 4.78 is 0. The van der Waals surface area contributed by atoms with E-state index in [1.807, 2.05) is 0 Å². The van der Waals surface area contributed by atoms with E-state index in [9.17, 15) is 28.8 Å². The fraction of sp³-hybridized carbons (Fsp3) is 0.500. The van der Waals surface area contributed by atoms with Gasteiger partial charge in [0.25, 0.3) is 35.4 Å². The maximum atomic E-state index is 13.4. The van der Waals surface area contributed by atoms with Crippen LogP contribution in [0.25, 0.3) is 0 Å². The van der Waals surface area contributed by atoms with E-state index in [4.69, 9.17) is 0 Å². The molecule has 4 aliphatic rings. The maximum Gasteiger partial charge on any atom is 0.257 e. The SMILES string of the molecule is CCC1=CC(=O)N(C2C(C)C(N3C(=O)C=C(C)C3=O)C2N2C(=O)C=C(C(C)(C)C)C2=O)C1=O. The quantitative estimate of drug-likeness (QED) is 0.590. The lowest BCUT2D eigenvalue weighted by Crippen LogP contribution is -2.77. The van der Waals surface area contributed by atoms with Crippen molar-refractivity contribution in [2.75, 3.05) is 0 Å². The van der Waals surface area contributed by atoms with Crippen molar-refractivity contribution in [1.29, 1.82) is 0 Å². The highest BCUT2D eigenvalue weighted by Crippen LogP contribution is 2.45. The van der Waals surface area contributed by atoms with Gasteiger partial charge < -0.3 is 0 Å². The minimum absolute atomic E-state index is 0.255. The molecule has 0 aromatic carbocycles. The number of amides is 6. The number of imide groups is 3. The Morgan fingerprint density at radius 2 is 1.21 bits per heavy atom. The third kappa shape index (κ3) is 3.13. The molecule has 33 heavy (non-hydrogen) atoms. The molecule has 3 heterocycles. The Balaban J connectivity index is 1.77. The van der Waals surface area contributed by atoms with Gasteiger partial charge in [0, 0.05) is 40.9 Å². The highest BCUT2D eigenvalue weighted by atomic mass is 16.2. The molecule has 0 saturated heterocycles. The molecule has 0 aromatic heterocycles. The zero-order chi connectivity index (χ0) is 24.6. The van der Waals surface area contributed by atoms with Gasteiger partial charge in [0.2, 0.25) is 0 Å². The largest absolute Gasteiger partial charge is 0.270 e. The van der Waals surface area contributed by atoms with E-state index in [1.165, 1.54) is 25.2 Å². The van der Waals surface area contributed by atoms with Gasteiger partial charge in [-0.05, 0) is 18.8 Å². The molecule has 4 rings (SSSR count). The van der Waals surface area contributed by atoms with Gasteiger partial charge in [-0.2, -0.15) is 0 Å². The third-order valence-electron chi connectivity index (χ3n) is 6.98. The van der Waals surface area contributed by atoms with Crippen LogP contribution in [0, 0.1) is 11.3 Å². The van der Waals surface area contributed by atoms with Crippen molar-refractivity contribution in [3.05, 3.63) is 34.9 Å². The first-order chi connectivity index (χ1) is 15.3. The van der Waals surface area contributed by atoms with Crippen LogP contribution in [-0.4, -0.2) is 68.3 Å². The summed E-state index contributed by atoms with van der Waals surface area (Å²) in [6.45, 7) is 10.4. The molecule has 1 aliphatic carbocycles. The van der Waals surface area contributed by atoms with E-state index >= 15 is 0 Å². The van der Waals surface area contributed by atoms with Crippen molar-refractivity contribution in [2.24, 2.45) is 11.3 Å². The lowest BCUT2D eigenvalue weighted by molar-refractivity contribution is -0.172. The van der Waals surface area contributed by atoms with Crippen LogP contribution in [0.1, 0.15) is 48.0 Å². The summed E-state index contributed by atoms with van der Waals surface area (Å²) in [4.78, 5) is 80.7. The number of carbonyl (C=O) groups is 6. The summed E-state index contributed by atoms with van der Waals surface area (Å²) in [7, 11) is 0. The molecular weight excluding hydrogens is 426 g/mol. The first-order valence-electron chi connectivity index (χ1n) is 11.0. The van der Waals surface area contributed by atoms with Crippen molar-refractivity contribution in [2.45, 2.75) is 66.1 Å². The van der Waals surface area contributed by atoms with Crippen LogP contribution in [0.15, 0.2) is 34.9 Å². The minimum Gasteiger partial charge on any atom is -0.270 e. The molecule has 6 amide bonds. The van der Waals surface area contributed by atoms with Crippen molar-refractivity contribution in [1.82, 2.24) is 14.7 Å². The van der Waals surface area contributed by atoms with E-state index in [2.05, 4.69) is 0 Å². The van der Waals surface area contributed by atoms with Crippen molar-refractivity contribution >= 4 is 35.4 Å². The second-order valence-electron chi connectivity index (χ2n) is 10.0. The zero-order valence-electron chi connectivity index (χ0n) is 19.5. The van der Waals surface area contributed by atoms with Gasteiger partial charge in [-0.25, -0.2) is 0 Å². The number of hydrogen-bond acceptors (Lipinski definition) is 6. The van der Waals surface area contributed by atoms with E-state index in [0.717, 1.165) is 14.7 Å². The standard InChI is InChI=1S/C24H27N3O6/c1-7-13-9-16(29)26(22(13)32)19-12(3)18(25-15(28)8-11(2)21(25)31)20(19)27-17(30)10-14(23(27)33)24(4,5)6/h8-10,12,18-20H,7H2,1-6H3. The Bertz CT molecular complexity index is 1120. The van der Waals surface area contributed by atoms with Crippen LogP contribution in [-0.2, 0) is 28.8 Å². The molecule has 0 bridgehead atoms. The summed E-state index contributed by atoms with van der Waals surface area (Å²) in [5.41, 5.74) is 0.276. The van der Waals surface area contributed by atoms with E-state index in [1.54, 1.807) is 34.6 Å². The van der Waals surface area contributed by atoms with Crippen LogP contribution in [0.2, 0.25) is 0 Å². The molecule has 0 radical (unpaired) electrons. The molecule has 0 aromatic rings. The van der Waals surface area contributed by atoms with E-state index < -0.39 is 64.9 Å². The average molecular weight is 453 g/mol. The van der Waals surface area contributed by atoms with Crippen molar-refractivity contribution in [3.8, 4) is 0 Å². The molecule has 0 N–H and O–H groups in total. The van der Waals surface area contributed by atoms with E-state index in [-0.39, 0.29) is 5.57 Å². The Morgan fingerprint density at radius 1 is 0.727 bits per heavy atom. The molecule has 0 spiro atoms. The van der Waals surface area contributed by atoms with E-state index in [0.29, 0.717) is 17.6 Å². The summed E-state index contributed by atoms with van der Waals surface area (Å²) in [6.07, 6.45) is 4.11. The monoisotopic (exact) mass is 453 g/mol. The molecule has 9 heteroatoms. The molecular formula is C24H27N3O6. The zero-order valence-corrected chi connectivity index (χ0v) is 19.5. The number of rotatable bonds is 4. The average Bonchev–Trinajstić information content (AvgIpc) is 3.27. The Labute approximate surface area is 191 Å². The first kappa shape index (κ1) is 22.8. The first-order valence-corrected chi connectivity index (χ1v) is 11.0. The number of nitrogens with zero attached hydrogens (tertiary/aromatic N) is 3. The second-order valence-corrected chi connectivity index (χ2v) is 10.0. The van der Waals surface area contributed by atoms with Crippen molar-refractivity contribution in [3.63, 3.8) is 0 Å². The van der Waals surface area contributed by atoms with Gasteiger partial charge >= 0.3 is 0 Å².